The molecule has 1 amide bonds. The van der Waals surface area contributed by atoms with E-state index in [-0.39, 0.29) is 23.8 Å². The van der Waals surface area contributed by atoms with E-state index in [0.717, 1.165) is 25.7 Å². The summed E-state index contributed by atoms with van der Waals surface area (Å²) in [7, 11) is -0.470. The van der Waals surface area contributed by atoms with E-state index < -0.39 is 15.7 Å². The van der Waals surface area contributed by atoms with Crippen molar-refractivity contribution >= 4 is 16.2 Å². The van der Waals surface area contributed by atoms with Crippen molar-refractivity contribution < 1.29 is 22.1 Å². The SMILES string of the molecule is COS(=O)(=O)CC1CCC(N(C)C(=O)OC(C)(C)C)CC1. The minimum Gasteiger partial charge on any atom is -0.444 e. The zero-order valence-corrected chi connectivity index (χ0v) is 14.4. The summed E-state index contributed by atoms with van der Waals surface area (Å²) >= 11 is 0. The van der Waals surface area contributed by atoms with Crippen LogP contribution < -0.4 is 0 Å². The van der Waals surface area contributed by atoms with Crippen LogP contribution in [-0.4, -0.2) is 51.0 Å². The molecule has 0 heterocycles. The lowest BCUT2D eigenvalue weighted by Gasteiger charge is -2.35. The van der Waals surface area contributed by atoms with Crippen LogP contribution in [0.5, 0.6) is 0 Å². The minimum absolute atomic E-state index is 0.0619. The Morgan fingerprint density at radius 3 is 2.14 bits per heavy atom. The molecule has 0 unspecified atom stereocenters. The van der Waals surface area contributed by atoms with E-state index in [2.05, 4.69) is 4.18 Å². The van der Waals surface area contributed by atoms with Crippen LogP contribution in [0.1, 0.15) is 46.5 Å². The van der Waals surface area contributed by atoms with E-state index in [9.17, 15) is 13.2 Å². The predicted molar refractivity (Wildman–Crippen MR) is 80.5 cm³/mol. The summed E-state index contributed by atoms with van der Waals surface area (Å²) in [5.74, 6) is 0.171. The third kappa shape index (κ3) is 6.22. The Kier molecular flexibility index (Phi) is 6.04. The van der Waals surface area contributed by atoms with Gasteiger partial charge < -0.3 is 9.64 Å². The van der Waals surface area contributed by atoms with E-state index in [1.807, 2.05) is 20.8 Å². The quantitative estimate of drug-likeness (QED) is 0.743. The average Bonchev–Trinajstić information content (AvgIpc) is 2.36. The summed E-state index contributed by atoms with van der Waals surface area (Å²) in [6.45, 7) is 5.52. The molecule has 0 atom stereocenters. The standard InChI is InChI=1S/C14H27NO5S/c1-14(2,3)20-13(16)15(4)12-8-6-11(7-9-12)10-21(17,18)19-5/h11-12H,6-10H2,1-5H3. The summed E-state index contributed by atoms with van der Waals surface area (Å²) in [6.07, 6.45) is 2.82. The molecule has 1 aliphatic rings. The Hall–Kier alpha value is -0.820. The molecule has 0 spiro atoms. The molecule has 7 heteroatoms. The van der Waals surface area contributed by atoms with Gasteiger partial charge in [0.1, 0.15) is 5.60 Å². The smallest absolute Gasteiger partial charge is 0.410 e. The van der Waals surface area contributed by atoms with E-state index in [4.69, 9.17) is 4.74 Å². The van der Waals surface area contributed by atoms with Crippen molar-refractivity contribution in [2.24, 2.45) is 5.92 Å². The van der Waals surface area contributed by atoms with Crippen molar-refractivity contribution in [1.29, 1.82) is 0 Å². The molecule has 1 saturated carbocycles. The third-order valence-electron chi connectivity index (χ3n) is 3.74. The van der Waals surface area contributed by atoms with Gasteiger partial charge in [-0.3, -0.25) is 4.18 Å². The lowest BCUT2D eigenvalue weighted by molar-refractivity contribution is 0.0175. The summed E-state index contributed by atoms with van der Waals surface area (Å²) in [5, 5.41) is 0. The Morgan fingerprint density at radius 2 is 1.71 bits per heavy atom. The van der Waals surface area contributed by atoms with Crippen LogP contribution in [0.4, 0.5) is 4.79 Å². The van der Waals surface area contributed by atoms with E-state index in [1.165, 1.54) is 7.11 Å². The third-order valence-corrected chi connectivity index (χ3v) is 5.13. The van der Waals surface area contributed by atoms with Crippen LogP contribution in [0, 0.1) is 5.92 Å². The number of carbonyl (C=O) groups is 1. The second-order valence-corrected chi connectivity index (χ2v) is 8.44. The topological polar surface area (TPSA) is 72.9 Å². The van der Waals surface area contributed by atoms with Gasteiger partial charge >= 0.3 is 6.09 Å². The molecule has 1 rings (SSSR count). The van der Waals surface area contributed by atoms with E-state index in [1.54, 1.807) is 11.9 Å². The lowest BCUT2D eigenvalue weighted by atomic mass is 9.87. The molecule has 0 saturated heterocycles. The molecule has 0 aliphatic heterocycles. The first-order chi connectivity index (χ1) is 9.54. The van der Waals surface area contributed by atoms with Gasteiger partial charge in [0.05, 0.1) is 12.9 Å². The van der Waals surface area contributed by atoms with Gasteiger partial charge in [-0.1, -0.05) is 0 Å². The summed E-state index contributed by atoms with van der Waals surface area (Å²) in [4.78, 5) is 13.6. The zero-order chi connectivity index (χ0) is 16.3. The summed E-state index contributed by atoms with van der Waals surface area (Å²) < 4.78 is 32.7. The molecule has 0 bridgehead atoms. The van der Waals surface area contributed by atoms with Crippen molar-refractivity contribution in [3.63, 3.8) is 0 Å². The first kappa shape index (κ1) is 18.2. The molecule has 0 aromatic rings. The molecule has 1 fully saturated rings. The van der Waals surface area contributed by atoms with E-state index in [0.29, 0.717) is 0 Å². The van der Waals surface area contributed by atoms with Gasteiger partial charge in [0, 0.05) is 13.1 Å². The van der Waals surface area contributed by atoms with Crippen LogP contribution >= 0.6 is 0 Å². The van der Waals surface area contributed by atoms with Gasteiger partial charge in [-0.05, 0) is 52.4 Å². The first-order valence-electron chi connectivity index (χ1n) is 7.28. The van der Waals surface area contributed by atoms with Crippen molar-refractivity contribution in [2.75, 3.05) is 19.9 Å². The number of hydrogen-bond acceptors (Lipinski definition) is 5. The van der Waals surface area contributed by atoms with Gasteiger partial charge in [0.2, 0.25) is 0 Å². The molecule has 124 valence electrons. The van der Waals surface area contributed by atoms with Crippen LogP contribution in [-0.2, 0) is 19.0 Å². The van der Waals surface area contributed by atoms with Crippen molar-refractivity contribution in [2.45, 2.75) is 58.1 Å². The molecular weight excluding hydrogens is 294 g/mol. The average molecular weight is 321 g/mol. The Bertz CT molecular complexity index is 446. The number of hydrogen-bond donors (Lipinski definition) is 0. The minimum atomic E-state index is -3.40. The second-order valence-electron chi connectivity index (χ2n) is 6.66. The molecule has 0 aromatic carbocycles. The normalized spacial score (nSPS) is 23.7. The number of ether oxygens (including phenoxy) is 1. The monoisotopic (exact) mass is 321 g/mol. The molecular formula is C14H27NO5S. The molecule has 6 nitrogen and oxygen atoms in total. The Morgan fingerprint density at radius 1 is 1.19 bits per heavy atom. The number of nitrogens with zero attached hydrogens (tertiary/aromatic N) is 1. The fraction of sp³-hybridized carbons (Fsp3) is 0.929. The molecule has 0 radical (unpaired) electrons. The van der Waals surface area contributed by atoms with Gasteiger partial charge in [-0.2, -0.15) is 8.42 Å². The maximum atomic E-state index is 12.0. The molecule has 21 heavy (non-hydrogen) atoms. The van der Waals surface area contributed by atoms with Crippen LogP contribution in [0.2, 0.25) is 0 Å². The highest BCUT2D eigenvalue weighted by atomic mass is 32.2. The lowest BCUT2D eigenvalue weighted by Crippen LogP contribution is -2.42. The van der Waals surface area contributed by atoms with Crippen molar-refractivity contribution in [1.82, 2.24) is 4.90 Å². The first-order valence-corrected chi connectivity index (χ1v) is 8.86. The highest BCUT2D eigenvalue weighted by molar-refractivity contribution is 7.86. The fourth-order valence-corrected chi connectivity index (χ4v) is 3.59. The second kappa shape index (κ2) is 6.96. The molecule has 0 N–H and O–H groups in total. The molecule has 1 aliphatic carbocycles. The maximum absolute atomic E-state index is 12.0. The molecule has 0 aromatic heterocycles. The Labute approximate surface area is 127 Å². The summed E-state index contributed by atoms with van der Waals surface area (Å²) in [6, 6.07) is 0.112. The predicted octanol–water partition coefficient (Wildman–Crippen LogP) is 2.39. The van der Waals surface area contributed by atoms with Gasteiger partial charge in [0.25, 0.3) is 10.1 Å². The summed E-state index contributed by atoms with van der Waals surface area (Å²) in [5.41, 5.74) is -0.505. The van der Waals surface area contributed by atoms with Gasteiger partial charge in [-0.25, -0.2) is 4.79 Å². The van der Waals surface area contributed by atoms with Crippen molar-refractivity contribution in [3.8, 4) is 0 Å². The fourth-order valence-electron chi connectivity index (χ4n) is 2.54. The zero-order valence-electron chi connectivity index (χ0n) is 13.6. The highest BCUT2D eigenvalue weighted by Gasteiger charge is 2.31. The van der Waals surface area contributed by atoms with Crippen LogP contribution in [0.3, 0.4) is 0 Å². The maximum Gasteiger partial charge on any atom is 0.410 e. The van der Waals surface area contributed by atoms with Gasteiger partial charge in [-0.15, -0.1) is 0 Å². The van der Waals surface area contributed by atoms with Crippen LogP contribution in [0.25, 0.3) is 0 Å². The number of rotatable bonds is 4. The van der Waals surface area contributed by atoms with Gasteiger partial charge in [0.15, 0.2) is 0 Å². The van der Waals surface area contributed by atoms with Crippen LogP contribution in [0.15, 0.2) is 0 Å². The largest absolute Gasteiger partial charge is 0.444 e. The number of carbonyl (C=O) groups excluding carboxylic acids is 1. The van der Waals surface area contributed by atoms with E-state index >= 15 is 0 Å². The highest BCUT2D eigenvalue weighted by Crippen LogP contribution is 2.29. The Balaban J connectivity index is 2.47. The number of amides is 1. The van der Waals surface area contributed by atoms with Crippen molar-refractivity contribution in [3.05, 3.63) is 0 Å².